The van der Waals surface area contributed by atoms with E-state index in [0.29, 0.717) is 12.2 Å². The van der Waals surface area contributed by atoms with E-state index in [1.54, 1.807) is 12.1 Å². The van der Waals surface area contributed by atoms with Gasteiger partial charge < -0.3 is 10.6 Å². The van der Waals surface area contributed by atoms with Gasteiger partial charge in [-0.2, -0.15) is 13.2 Å². The molecule has 27 heavy (non-hydrogen) atoms. The van der Waals surface area contributed by atoms with Crippen LogP contribution in [0.15, 0.2) is 78.9 Å². The Morgan fingerprint density at radius 3 is 1.96 bits per heavy atom. The molecule has 3 rings (SSSR count). The molecule has 2 N–H and O–H groups in total. The van der Waals surface area contributed by atoms with Gasteiger partial charge in [0, 0.05) is 23.5 Å². The van der Waals surface area contributed by atoms with Crippen LogP contribution in [0.25, 0.3) is 0 Å². The van der Waals surface area contributed by atoms with Crippen LogP contribution in [0, 0.1) is 0 Å². The summed E-state index contributed by atoms with van der Waals surface area (Å²) in [6.45, 7) is 0.679. The van der Waals surface area contributed by atoms with Crippen molar-refractivity contribution in [2.24, 2.45) is 0 Å². The number of alkyl halides is 3. The predicted octanol–water partition coefficient (Wildman–Crippen LogP) is 5.57. The van der Waals surface area contributed by atoms with Crippen LogP contribution in [-0.4, -0.2) is 5.91 Å². The van der Waals surface area contributed by atoms with Crippen molar-refractivity contribution in [3.63, 3.8) is 0 Å². The quantitative estimate of drug-likeness (QED) is 0.616. The molecule has 0 heterocycles. The highest BCUT2D eigenvalue weighted by Crippen LogP contribution is 2.29. The van der Waals surface area contributed by atoms with Gasteiger partial charge in [0.05, 0.1) is 5.56 Å². The summed E-state index contributed by atoms with van der Waals surface area (Å²) < 4.78 is 37.7. The summed E-state index contributed by atoms with van der Waals surface area (Å²) >= 11 is 0. The van der Waals surface area contributed by atoms with Crippen molar-refractivity contribution in [1.82, 2.24) is 0 Å². The maximum atomic E-state index is 12.6. The predicted molar refractivity (Wildman–Crippen MR) is 99.6 cm³/mol. The van der Waals surface area contributed by atoms with Crippen LogP contribution in [0.4, 0.5) is 24.5 Å². The summed E-state index contributed by atoms with van der Waals surface area (Å²) in [5, 5.41) is 5.94. The summed E-state index contributed by atoms with van der Waals surface area (Å²) in [6.07, 6.45) is -4.42. The Morgan fingerprint density at radius 1 is 0.778 bits per heavy atom. The number of rotatable bonds is 5. The molecule has 0 atom stereocenters. The van der Waals surface area contributed by atoms with Gasteiger partial charge in [0.2, 0.25) is 0 Å². The minimum Gasteiger partial charge on any atom is -0.381 e. The molecule has 1 amide bonds. The van der Waals surface area contributed by atoms with E-state index in [4.69, 9.17) is 0 Å². The summed E-state index contributed by atoms with van der Waals surface area (Å²) in [7, 11) is 0. The Bertz CT molecular complexity index is 889. The second-order valence-corrected chi connectivity index (χ2v) is 5.95. The van der Waals surface area contributed by atoms with Crippen molar-refractivity contribution in [1.29, 1.82) is 0 Å². The number of halogens is 3. The van der Waals surface area contributed by atoms with E-state index in [-0.39, 0.29) is 5.56 Å². The van der Waals surface area contributed by atoms with Gasteiger partial charge in [-0.3, -0.25) is 4.79 Å². The molecular formula is C21H17F3N2O. The molecule has 0 aromatic heterocycles. The van der Waals surface area contributed by atoms with Gasteiger partial charge >= 0.3 is 6.18 Å². The highest BCUT2D eigenvalue weighted by molar-refractivity contribution is 6.04. The van der Waals surface area contributed by atoms with E-state index in [9.17, 15) is 18.0 Å². The number of carbonyl (C=O) groups is 1. The zero-order chi connectivity index (χ0) is 19.3. The van der Waals surface area contributed by atoms with E-state index < -0.39 is 17.6 Å². The Morgan fingerprint density at radius 2 is 1.37 bits per heavy atom. The van der Waals surface area contributed by atoms with Gasteiger partial charge in [0.1, 0.15) is 0 Å². The lowest BCUT2D eigenvalue weighted by Gasteiger charge is -2.10. The molecule has 0 saturated carbocycles. The van der Waals surface area contributed by atoms with Crippen LogP contribution in [0.5, 0.6) is 0 Å². The first-order valence-corrected chi connectivity index (χ1v) is 8.28. The Hall–Kier alpha value is -3.28. The molecule has 0 aliphatic rings. The van der Waals surface area contributed by atoms with Crippen molar-refractivity contribution >= 4 is 17.3 Å². The molecule has 0 saturated heterocycles. The lowest BCUT2D eigenvalue weighted by Crippen LogP contribution is -2.12. The van der Waals surface area contributed by atoms with Crippen LogP contribution in [0.1, 0.15) is 21.5 Å². The second kappa shape index (κ2) is 7.95. The zero-order valence-corrected chi connectivity index (χ0v) is 14.3. The lowest BCUT2D eigenvalue weighted by molar-refractivity contribution is -0.137. The smallest absolute Gasteiger partial charge is 0.381 e. The number of hydrogen-bond acceptors (Lipinski definition) is 2. The van der Waals surface area contributed by atoms with Gasteiger partial charge in [-0.1, -0.05) is 30.3 Å². The fourth-order valence-electron chi connectivity index (χ4n) is 2.49. The van der Waals surface area contributed by atoms with Gasteiger partial charge in [-0.15, -0.1) is 0 Å². The van der Waals surface area contributed by atoms with Crippen LogP contribution >= 0.6 is 0 Å². The molecule has 0 aliphatic carbocycles. The van der Waals surface area contributed by atoms with E-state index in [1.165, 1.54) is 0 Å². The molecular weight excluding hydrogens is 353 g/mol. The minimum atomic E-state index is -4.42. The molecule has 0 bridgehead atoms. The summed E-state index contributed by atoms with van der Waals surface area (Å²) in [5.41, 5.74) is 1.98. The zero-order valence-electron chi connectivity index (χ0n) is 14.3. The third-order valence-electron chi connectivity index (χ3n) is 3.96. The number of benzene rings is 3. The van der Waals surface area contributed by atoms with Gasteiger partial charge in [-0.05, 0) is 54.1 Å². The maximum Gasteiger partial charge on any atom is 0.416 e. The van der Waals surface area contributed by atoms with E-state index in [0.717, 1.165) is 35.5 Å². The first-order chi connectivity index (χ1) is 12.9. The molecule has 0 fully saturated rings. The molecule has 0 aliphatic heterocycles. The SMILES string of the molecule is O=C(Nc1ccc(NCc2ccccc2)cc1)c1ccc(C(F)(F)F)cc1. The average molecular weight is 370 g/mol. The highest BCUT2D eigenvalue weighted by atomic mass is 19.4. The van der Waals surface area contributed by atoms with E-state index >= 15 is 0 Å². The van der Waals surface area contributed by atoms with Crippen LogP contribution in [0.3, 0.4) is 0 Å². The van der Waals surface area contributed by atoms with Crippen LogP contribution in [-0.2, 0) is 12.7 Å². The van der Waals surface area contributed by atoms with E-state index in [1.807, 2.05) is 42.5 Å². The normalized spacial score (nSPS) is 11.1. The fraction of sp³-hybridized carbons (Fsp3) is 0.0952. The first kappa shape index (κ1) is 18.5. The van der Waals surface area contributed by atoms with Crippen molar-refractivity contribution in [3.8, 4) is 0 Å². The molecule has 3 nitrogen and oxygen atoms in total. The fourth-order valence-corrected chi connectivity index (χ4v) is 2.49. The molecule has 0 radical (unpaired) electrons. The van der Waals surface area contributed by atoms with E-state index in [2.05, 4.69) is 10.6 Å². The number of amides is 1. The first-order valence-electron chi connectivity index (χ1n) is 8.28. The Balaban J connectivity index is 1.58. The summed E-state index contributed by atoms with van der Waals surface area (Å²) in [6, 6.07) is 21.2. The Labute approximate surface area is 154 Å². The molecule has 3 aromatic carbocycles. The number of hydrogen-bond donors (Lipinski definition) is 2. The topological polar surface area (TPSA) is 41.1 Å². The van der Waals surface area contributed by atoms with Crippen molar-refractivity contribution in [2.45, 2.75) is 12.7 Å². The average Bonchev–Trinajstić information content (AvgIpc) is 2.68. The van der Waals surface area contributed by atoms with Crippen molar-refractivity contribution in [3.05, 3.63) is 95.6 Å². The maximum absolute atomic E-state index is 12.6. The third kappa shape index (κ3) is 5.10. The second-order valence-electron chi connectivity index (χ2n) is 5.95. The number of nitrogens with one attached hydrogen (secondary N) is 2. The van der Waals surface area contributed by atoms with Crippen LogP contribution in [0.2, 0.25) is 0 Å². The molecule has 6 heteroatoms. The lowest BCUT2D eigenvalue weighted by atomic mass is 10.1. The molecule has 138 valence electrons. The largest absolute Gasteiger partial charge is 0.416 e. The highest BCUT2D eigenvalue weighted by Gasteiger charge is 2.30. The monoisotopic (exact) mass is 370 g/mol. The van der Waals surface area contributed by atoms with Gasteiger partial charge in [-0.25, -0.2) is 0 Å². The number of anilines is 2. The molecule has 0 unspecified atom stereocenters. The van der Waals surface area contributed by atoms with Crippen molar-refractivity contribution < 1.29 is 18.0 Å². The van der Waals surface area contributed by atoms with Gasteiger partial charge in [0.25, 0.3) is 5.91 Å². The van der Waals surface area contributed by atoms with Gasteiger partial charge in [0.15, 0.2) is 0 Å². The summed E-state index contributed by atoms with van der Waals surface area (Å²) in [4.78, 5) is 12.2. The number of carbonyl (C=O) groups excluding carboxylic acids is 1. The van der Waals surface area contributed by atoms with Crippen molar-refractivity contribution in [2.75, 3.05) is 10.6 Å². The third-order valence-corrected chi connectivity index (χ3v) is 3.96. The molecule has 3 aromatic rings. The van der Waals surface area contributed by atoms with Crippen LogP contribution < -0.4 is 10.6 Å². The standard InChI is InChI=1S/C21H17F3N2O/c22-21(23,24)17-8-6-16(7-9-17)20(27)26-19-12-10-18(11-13-19)25-14-15-4-2-1-3-5-15/h1-13,25H,14H2,(H,26,27). The summed E-state index contributed by atoms with van der Waals surface area (Å²) in [5.74, 6) is -0.464. The molecule has 0 spiro atoms. The Kier molecular flexibility index (Phi) is 5.45. The minimum absolute atomic E-state index is 0.161.